The third-order valence-corrected chi connectivity index (χ3v) is 3.97. The molecule has 3 N–H and O–H groups in total. The van der Waals surface area contributed by atoms with Gasteiger partial charge >= 0.3 is 0 Å². The van der Waals surface area contributed by atoms with Gasteiger partial charge in [0.2, 0.25) is 5.91 Å². The normalized spacial score (nSPS) is 14.2. The molecule has 0 saturated carbocycles. The second kappa shape index (κ2) is 6.80. The summed E-state index contributed by atoms with van der Waals surface area (Å²) in [7, 11) is 0. The Morgan fingerprint density at radius 1 is 1.56 bits per heavy atom. The van der Waals surface area contributed by atoms with Crippen LogP contribution in [0.2, 0.25) is 0 Å². The quantitative estimate of drug-likeness (QED) is 0.784. The average molecular weight is 285 g/mol. The molecule has 0 spiro atoms. The van der Waals surface area contributed by atoms with Gasteiger partial charge in [0.25, 0.3) is 0 Å². The molecule has 0 aromatic carbocycles. The van der Waals surface area contributed by atoms with Crippen LogP contribution in [-0.4, -0.2) is 22.4 Å². The van der Waals surface area contributed by atoms with Crippen LogP contribution in [0, 0.1) is 11.8 Å². The summed E-state index contributed by atoms with van der Waals surface area (Å²) in [4.78, 5) is 16.5. The molecule has 0 fully saturated rings. The van der Waals surface area contributed by atoms with Crippen LogP contribution in [0.3, 0.4) is 0 Å². The molecule has 1 amide bonds. The highest BCUT2D eigenvalue weighted by Crippen LogP contribution is 2.17. The van der Waals surface area contributed by atoms with E-state index in [2.05, 4.69) is 10.3 Å². The number of rotatable bonds is 6. The van der Waals surface area contributed by atoms with Crippen molar-refractivity contribution >= 4 is 34.5 Å². The van der Waals surface area contributed by atoms with E-state index < -0.39 is 5.92 Å². The zero-order valence-corrected chi connectivity index (χ0v) is 12.5. The molecule has 2 unspecified atom stereocenters. The Balaban J connectivity index is 2.52. The van der Waals surface area contributed by atoms with E-state index in [0.717, 1.165) is 5.01 Å². The summed E-state index contributed by atoms with van der Waals surface area (Å²) >= 11 is 6.53. The standard InChI is InChI=1S/C12H19N3OS2/c1-7(2)9(10(13)17)11(16)15-6-8(3)12-14-4-5-18-12/h4-5,7-9H,6H2,1-3H3,(H2,13,17)(H,15,16). The smallest absolute Gasteiger partial charge is 0.230 e. The van der Waals surface area contributed by atoms with Crippen molar-refractivity contribution in [3.8, 4) is 0 Å². The fraction of sp³-hybridized carbons (Fsp3) is 0.583. The molecule has 4 nitrogen and oxygen atoms in total. The van der Waals surface area contributed by atoms with Gasteiger partial charge in [0, 0.05) is 24.0 Å². The van der Waals surface area contributed by atoms with Gasteiger partial charge in [-0.2, -0.15) is 0 Å². The van der Waals surface area contributed by atoms with Crippen LogP contribution < -0.4 is 11.1 Å². The number of amides is 1. The molecule has 6 heteroatoms. The Kier molecular flexibility index (Phi) is 5.68. The molecular formula is C12H19N3OS2. The van der Waals surface area contributed by atoms with Crippen molar-refractivity contribution in [2.24, 2.45) is 17.6 Å². The van der Waals surface area contributed by atoms with Crippen LogP contribution in [-0.2, 0) is 4.79 Å². The molecule has 0 radical (unpaired) electrons. The third-order valence-electron chi connectivity index (χ3n) is 2.71. The molecule has 100 valence electrons. The highest BCUT2D eigenvalue weighted by atomic mass is 32.1. The summed E-state index contributed by atoms with van der Waals surface area (Å²) in [6, 6.07) is 0. The van der Waals surface area contributed by atoms with Gasteiger partial charge in [-0.25, -0.2) is 4.98 Å². The summed E-state index contributed by atoms with van der Waals surface area (Å²) in [6.07, 6.45) is 1.77. The summed E-state index contributed by atoms with van der Waals surface area (Å²) in [6.45, 7) is 6.46. The largest absolute Gasteiger partial charge is 0.393 e. The first-order valence-corrected chi connectivity index (χ1v) is 7.18. The number of hydrogen-bond donors (Lipinski definition) is 2. The van der Waals surface area contributed by atoms with E-state index in [1.54, 1.807) is 17.5 Å². The maximum Gasteiger partial charge on any atom is 0.230 e. The SMILES string of the molecule is CC(CNC(=O)C(C(N)=S)C(C)C)c1nccs1. The molecule has 18 heavy (non-hydrogen) atoms. The van der Waals surface area contributed by atoms with Gasteiger partial charge in [0.15, 0.2) is 0 Å². The summed E-state index contributed by atoms with van der Waals surface area (Å²) in [5.74, 6) is -0.185. The Bertz CT molecular complexity index is 403. The molecule has 1 aromatic rings. The van der Waals surface area contributed by atoms with E-state index in [1.807, 2.05) is 26.2 Å². The van der Waals surface area contributed by atoms with Crippen LogP contribution in [0.15, 0.2) is 11.6 Å². The summed E-state index contributed by atoms with van der Waals surface area (Å²) < 4.78 is 0. The molecule has 2 atom stereocenters. The lowest BCUT2D eigenvalue weighted by Gasteiger charge is -2.20. The van der Waals surface area contributed by atoms with E-state index in [-0.39, 0.29) is 22.7 Å². The van der Waals surface area contributed by atoms with Crippen molar-refractivity contribution in [3.63, 3.8) is 0 Å². The van der Waals surface area contributed by atoms with Crippen molar-refractivity contribution in [2.75, 3.05) is 6.54 Å². The molecular weight excluding hydrogens is 266 g/mol. The Morgan fingerprint density at radius 3 is 2.67 bits per heavy atom. The zero-order chi connectivity index (χ0) is 13.7. The van der Waals surface area contributed by atoms with Gasteiger partial charge < -0.3 is 11.1 Å². The first-order chi connectivity index (χ1) is 8.43. The maximum atomic E-state index is 12.0. The predicted octanol–water partition coefficient (Wildman–Crippen LogP) is 1.92. The van der Waals surface area contributed by atoms with Crippen LogP contribution in [0.5, 0.6) is 0 Å². The lowest BCUT2D eigenvalue weighted by atomic mass is 9.95. The first-order valence-electron chi connectivity index (χ1n) is 5.90. The van der Waals surface area contributed by atoms with Gasteiger partial charge in [-0.05, 0) is 5.92 Å². The maximum absolute atomic E-state index is 12.0. The minimum atomic E-state index is -0.400. The van der Waals surface area contributed by atoms with E-state index >= 15 is 0 Å². The molecule has 0 aliphatic heterocycles. The monoisotopic (exact) mass is 285 g/mol. The van der Waals surface area contributed by atoms with E-state index in [4.69, 9.17) is 18.0 Å². The number of thiazole rings is 1. The van der Waals surface area contributed by atoms with Gasteiger partial charge in [0.1, 0.15) is 0 Å². The van der Waals surface area contributed by atoms with Gasteiger partial charge in [-0.15, -0.1) is 11.3 Å². The number of nitrogens with one attached hydrogen (secondary N) is 1. The highest BCUT2D eigenvalue weighted by molar-refractivity contribution is 7.80. The van der Waals surface area contributed by atoms with Crippen LogP contribution in [0.4, 0.5) is 0 Å². The minimum Gasteiger partial charge on any atom is -0.393 e. The Morgan fingerprint density at radius 2 is 2.22 bits per heavy atom. The van der Waals surface area contributed by atoms with Crippen molar-refractivity contribution in [3.05, 3.63) is 16.6 Å². The van der Waals surface area contributed by atoms with Gasteiger partial charge in [-0.1, -0.05) is 33.0 Å². The number of hydrogen-bond acceptors (Lipinski definition) is 4. The first kappa shape index (κ1) is 15.0. The lowest BCUT2D eigenvalue weighted by Crippen LogP contribution is -2.41. The highest BCUT2D eigenvalue weighted by Gasteiger charge is 2.25. The van der Waals surface area contributed by atoms with E-state index in [0.29, 0.717) is 6.54 Å². The molecule has 1 rings (SSSR count). The third kappa shape index (κ3) is 4.03. The Hall–Kier alpha value is -1.01. The van der Waals surface area contributed by atoms with E-state index in [9.17, 15) is 4.79 Å². The van der Waals surface area contributed by atoms with Crippen LogP contribution >= 0.6 is 23.6 Å². The molecule has 0 aliphatic rings. The number of nitrogens with zero attached hydrogens (tertiary/aromatic N) is 1. The number of thiocarbonyl (C=S) groups is 1. The van der Waals surface area contributed by atoms with Crippen LogP contribution in [0.1, 0.15) is 31.7 Å². The van der Waals surface area contributed by atoms with Crippen molar-refractivity contribution in [2.45, 2.75) is 26.7 Å². The van der Waals surface area contributed by atoms with Crippen molar-refractivity contribution in [1.29, 1.82) is 0 Å². The predicted molar refractivity (Wildman–Crippen MR) is 78.7 cm³/mol. The van der Waals surface area contributed by atoms with Gasteiger partial charge in [0.05, 0.1) is 15.9 Å². The molecule has 1 aromatic heterocycles. The second-order valence-electron chi connectivity index (χ2n) is 4.64. The topological polar surface area (TPSA) is 68.0 Å². The van der Waals surface area contributed by atoms with Crippen molar-refractivity contribution in [1.82, 2.24) is 10.3 Å². The molecule has 0 aliphatic carbocycles. The summed E-state index contributed by atoms with van der Waals surface area (Å²) in [5.41, 5.74) is 5.60. The number of carbonyl (C=O) groups excluding carboxylic acids is 1. The van der Waals surface area contributed by atoms with E-state index in [1.165, 1.54) is 0 Å². The molecule has 0 saturated heterocycles. The Labute approximate surface area is 117 Å². The number of aromatic nitrogens is 1. The van der Waals surface area contributed by atoms with Crippen molar-refractivity contribution < 1.29 is 4.79 Å². The number of carbonyl (C=O) groups is 1. The average Bonchev–Trinajstić information content (AvgIpc) is 2.78. The second-order valence-corrected chi connectivity index (χ2v) is 6.04. The zero-order valence-electron chi connectivity index (χ0n) is 10.8. The summed E-state index contributed by atoms with van der Waals surface area (Å²) in [5, 5.41) is 5.84. The number of nitrogens with two attached hydrogens (primary N) is 1. The van der Waals surface area contributed by atoms with Crippen LogP contribution in [0.25, 0.3) is 0 Å². The molecule has 0 bridgehead atoms. The lowest BCUT2D eigenvalue weighted by molar-refractivity contribution is -0.124. The minimum absolute atomic E-state index is 0.0964. The van der Waals surface area contributed by atoms with Gasteiger partial charge in [-0.3, -0.25) is 4.79 Å². The molecule has 1 heterocycles. The fourth-order valence-electron chi connectivity index (χ4n) is 1.69. The fourth-order valence-corrected chi connectivity index (χ4v) is 2.77.